The summed E-state index contributed by atoms with van der Waals surface area (Å²) < 4.78 is 0. The number of hydrogen-bond acceptors (Lipinski definition) is 4. The zero-order valence-corrected chi connectivity index (χ0v) is 7.73. The first-order chi connectivity index (χ1) is 6.63. The van der Waals surface area contributed by atoms with E-state index < -0.39 is 4.92 Å². The number of hydrogen-bond donors (Lipinski definition) is 2. The monoisotopic (exact) mass is 193 g/mol. The Balaban J connectivity index is 2.79. The first-order valence-corrected chi connectivity index (χ1v) is 4.06. The Labute approximate surface area is 81.4 Å². The highest BCUT2D eigenvalue weighted by molar-refractivity contribution is 5.51. The Morgan fingerprint density at radius 3 is 2.50 bits per heavy atom. The van der Waals surface area contributed by atoms with E-state index in [1.165, 1.54) is 12.1 Å². The standard InChI is InChI=1S/C9H11N3O2/c1-2-9(10)11-7-3-5-8(6-4-7)12(13)14/h2-6,11H,10H2,1H3. The fraction of sp³-hybridized carbons (Fsp3) is 0.111. The number of anilines is 1. The van der Waals surface area contributed by atoms with Crippen molar-refractivity contribution in [2.45, 2.75) is 6.92 Å². The van der Waals surface area contributed by atoms with Crippen LogP contribution in [0.3, 0.4) is 0 Å². The lowest BCUT2D eigenvalue weighted by atomic mass is 10.3. The molecule has 0 spiro atoms. The molecule has 0 aromatic heterocycles. The van der Waals surface area contributed by atoms with Gasteiger partial charge < -0.3 is 11.1 Å². The number of nitrogens with zero attached hydrogens (tertiary/aromatic N) is 1. The molecule has 0 saturated carbocycles. The van der Waals surface area contributed by atoms with Crippen LogP contribution >= 0.6 is 0 Å². The van der Waals surface area contributed by atoms with Crippen LogP contribution < -0.4 is 11.1 Å². The quantitative estimate of drug-likeness (QED) is 0.566. The lowest BCUT2D eigenvalue weighted by molar-refractivity contribution is -0.384. The molecule has 0 radical (unpaired) electrons. The van der Waals surface area contributed by atoms with E-state index in [0.29, 0.717) is 5.82 Å². The molecule has 14 heavy (non-hydrogen) atoms. The molecule has 0 amide bonds. The second kappa shape index (κ2) is 4.27. The van der Waals surface area contributed by atoms with Gasteiger partial charge in [-0.2, -0.15) is 0 Å². The zero-order valence-electron chi connectivity index (χ0n) is 7.73. The second-order valence-electron chi connectivity index (χ2n) is 2.67. The summed E-state index contributed by atoms with van der Waals surface area (Å²) in [6, 6.07) is 6.06. The van der Waals surface area contributed by atoms with Crippen molar-refractivity contribution in [3.8, 4) is 0 Å². The van der Waals surface area contributed by atoms with Crippen LogP contribution in [0.25, 0.3) is 0 Å². The highest BCUT2D eigenvalue weighted by Gasteiger charge is 2.03. The molecule has 0 aliphatic carbocycles. The van der Waals surface area contributed by atoms with Crippen LogP contribution in [-0.2, 0) is 0 Å². The third-order valence-corrected chi connectivity index (χ3v) is 1.68. The van der Waals surface area contributed by atoms with E-state index >= 15 is 0 Å². The molecule has 0 heterocycles. The third kappa shape index (κ3) is 2.48. The molecule has 1 rings (SSSR count). The molecule has 0 aliphatic heterocycles. The average molecular weight is 193 g/mol. The van der Waals surface area contributed by atoms with Crippen molar-refractivity contribution in [2.24, 2.45) is 5.73 Å². The minimum Gasteiger partial charge on any atom is -0.386 e. The summed E-state index contributed by atoms with van der Waals surface area (Å²) in [5.41, 5.74) is 6.31. The Kier molecular flexibility index (Phi) is 3.06. The number of nitro benzene ring substituents is 1. The molecule has 0 saturated heterocycles. The van der Waals surface area contributed by atoms with Gasteiger partial charge in [-0.05, 0) is 25.1 Å². The van der Waals surface area contributed by atoms with Crippen LogP contribution in [0.4, 0.5) is 11.4 Å². The molecule has 1 aromatic carbocycles. The summed E-state index contributed by atoms with van der Waals surface area (Å²) in [5, 5.41) is 13.2. The van der Waals surface area contributed by atoms with Gasteiger partial charge in [0.25, 0.3) is 5.69 Å². The predicted octanol–water partition coefficient (Wildman–Crippen LogP) is 1.83. The lowest BCUT2D eigenvalue weighted by Gasteiger charge is -2.04. The first-order valence-electron chi connectivity index (χ1n) is 4.06. The topological polar surface area (TPSA) is 81.2 Å². The van der Waals surface area contributed by atoms with Crippen molar-refractivity contribution < 1.29 is 4.92 Å². The summed E-state index contributed by atoms with van der Waals surface area (Å²) in [7, 11) is 0. The van der Waals surface area contributed by atoms with Crippen LogP contribution in [0, 0.1) is 10.1 Å². The summed E-state index contributed by atoms with van der Waals surface area (Å²) in [6.45, 7) is 1.80. The zero-order chi connectivity index (χ0) is 10.6. The molecule has 1 aromatic rings. The molecule has 5 heteroatoms. The Bertz CT molecular complexity index is 357. The number of nitro groups is 1. The van der Waals surface area contributed by atoms with E-state index in [2.05, 4.69) is 5.32 Å². The minimum atomic E-state index is -0.442. The van der Waals surface area contributed by atoms with Gasteiger partial charge in [-0.3, -0.25) is 10.1 Å². The van der Waals surface area contributed by atoms with Crippen molar-refractivity contribution in [3.63, 3.8) is 0 Å². The molecular formula is C9H11N3O2. The van der Waals surface area contributed by atoms with Crippen molar-refractivity contribution in [1.29, 1.82) is 0 Å². The number of nitrogens with one attached hydrogen (secondary N) is 1. The molecule has 0 atom stereocenters. The highest BCUT2D eigenvalue weighted by Crippen LogP contribution is 2.15. The maximum Gasteiger partial charge on any atom is 0.269 e. The lowest BCUT2D eigenvalue weighted by Crippen LogP contribution is -2.08. The molecule has 74 valence electrons. The first kappa shape index (κ1) is 10.0. The van der Waals surface area contributed by atoms with Gasteiger partial charge >= 0.3 is 0 Å². The predicted molar refractivity (Wildman–Crippen MR) is 54.7 cm³/mol. The van der Waals surface area contributed by atoms with E-state index in [0.717, 1.165) is 5.69 Å². The molecular weight excluding hydrogens is 182 g/mol. The van der Waals surface area contributed by atoms with Crippen LogP contribution in [0.2, 0.25) is 0 Å². The van der Waals surface area contributed by atoms with Gasteiger partial charge in [0, 0.05) is 17.8 Å². The Morgan fingerprint density at radius 2 is 2.07 bits per heavy atom. The third-order valence-electron chi connectivity index (χ3n) is 1.68. The molecule has 0 bridgehead atoms. The number of benzene rings is 1. The normalized spacial score (nSPS) is 11.1. The van der Waals surface area contributed by atoms with Gasteiger partial charge in [0.2, 0.25) is 0 Å². The Morgan fingerprint density at radius 1 is 1.50 bits per heavy atom. The van der Waals surface area contributed by atoms with E-state index in [9.17, 15) is 10.1 Å². The fourth-order valence-electron chi connectivity index (χ4n) is 0.905. The van der Waals surface area contributed by atoms with Crippen LogP contribution in [0.1, 0.15) is 6.92 Å². The van der Waals surface area contributed by atoms with E-state index in [1.54, 1.807) is 25.1 Å². The van der Waals surface area contributed by atoms with Crippen LogP contribution in [0.15, 0.2) is 36.2 Å². The van der Waals surface area contributed by atoms with Gasteiger partial charge in [-0.25, -0.2) is 0 Å². The molecule has 0 unspecified atom stereocenters. The molecule has 0 aliphatic rings. The molecule has 3 N–H and O–H groups in total. The van der Waals surface area contributed by atoms with Gasteiger partial charge in [-0.15, -0.1) is 0 Å². The largest absolute Gasteiger partial charge is 0.386 e. The smallest absolute Gasteiger partial charge is 0.269 e. The summed E-state index contributed by atoms with van der Waals surface area (Å²) >= 11 is 0. The summed E-state index contributed by atoms with van der Waals surface area (Å²) in [4.78, 5) is 9.90. The second-order valence-corrected chi connectivity index (χ2v) is 2.67. The Hall–Kier alpha value is -2.04. The van der Waals surface area contributed by atoms with E-state index in [-0.39, 0.29) is 5.69 Å². The molecule has 0 fully saturated rings. The maximum absolute atomic E-state index is 10.3. The summed E-state index contributed by atoms with van der Waals surface area (Å²) in [6.07, 6.45) is 1.71. The van der Waals surface area contributed by atoms with E-state index in [4.69, 9.17) is 5.73 Å². The maximum atomic E-state index is 10.3. The van der Waals surface area contributed by atoms with Crippen molar-refractivity contribution in [3.05, 3.63) is 46.3 Å². The van der Waals surface area contributed by atoms with Gasteiger partial charge in [0.1, 0.15) is 0 Å². The molecule has 5 nitrogen and oxygen atoms in total. The number of rotatable bonds is 3. The van der Waals surface area contributed by atoms with Crippen molar-refractivity contribution in [2.75, 3.05) is 5.32 Å². The van der Waals surface area contributed by atoms with Crippen LogP contribution in [0.5, 0.6) is 0 Å². The SMILES string of the molecule is CC=C(N)Nc1ccc([N+](=O)[O-])cc1. The van der Waals surface area contributed by atoms with Gasteiger partial charge in [-0.1, -0.05) is 0 Å². The number of allylic oxidation sites excluding steroid dienone is 1. The number of non-ortho nitro benzene ring substituents is 1. The van der Waals surface area contributed by atoms with Crippen LogP contribution in [-0.4, -0.2) is 4.92 Å². The minimum absolute atomic E-state index is 0.0644. The summed E-state index contributed by atoms with van der Waals surface area (Å²) in [5.74, 6) is 0.513. The van der Waals surface area contributed by atoms with Crippen molar-refractivity contribution >= 4 is 11.4 Å². The van der Waals surface area contributed by atoms with Crippen molar-refractivity contribution in [1.82, 2.24) is 0 Å². The van der Waals surface area contributed by atoms with Gasteiger partial charge in [0.15, 0.2) is 0 Å². The number of nitrogens with two attached hydrogens (primary N) is 1. The van der Waals surface area contributed by atoms with Gasteiger partial charge in [0.05, 0.1) is 10.7 Å². The fourth-order valence-corrected chi connectivity index (χ4v) is 0.905. The van der Waals surface area contributed by atoms with E-state index in [1.807, 2.05) is 0 Å². The highest BCUT2D eigenvalue weighted by atomic mass is 16.6. The average Bonchev–Trinajstić information content (AvgIpc) is 2.18.